The first-order chi connectivity index (χ1) is 14.3. The molecule has 1 heterocycles. The van der Waals surface area contributed by atoms with E-state index in [0.717, 1.165) is 48.3 Å². The molecule has 2 nitrogen and oxygen atoms in total. The molecule has 30 heavy (non-hydrogen) atoms. The third kappa shape index (κ3) is 5.28. The third-order valence-electron chi connectivity index (χ3n) is 6.53. The molecule has 0 spiro atoms. The van der Waals surface area contributed by atoms with E-state index in [9.17, 15) is 0 Å². The Labute approximate surface area is 183 Å². The molecule has 1 aliphatic heterocycles. The minimum absolute atomic E-state index is 0.117. The molecule has 1 saturated carbocycles. The van der Waals surface area contributed by atoms with Gasteiger partial charge in [-0.1, -0.05) is 43.9 Å². The number of fused-ring (bicyclic) bond motifs is 1. The van der Waals surface area contributed by atoms with Crippen LogP contribution in [0.1, 0.15) is 73.1 Å². The Bertz CT molecular complexity index is 868. The highest BCUT2D eigenvalue weighted by Crippen LogP contribution is 2.41. The van der Waals surface area contributed by atoms with E-state index in [0.29, 0.717) is 12.5 Å². The van der Waals surface area contributed by atoms with E-state index in [2.05, 4.69) is 66.0 Å². The van der Waals surface area contributed by atoms with E-state index in [1.807, 2.05) is 0 Å². The summed E-state index contributed by atoms with van der Waals surface area (Å²) in [5.74, 6) is 2.59. The molecule has 0 unspecified atom stereocenters. The van der Waals surface area contributed by atoms with E-state index in [4.69, 9.17) is 9.47 Å². The van der Waals surface area contributed by atoms with Crippen molar-refractivity contribution in [2.45, 2.75) is 79.2 Å². The average molecular weight is 407 g/mol. The van der Waals surface area contributed by atoms with Crippen LogP contribution in [-0.2, 0) is 9.47 Å². The van der Waals surface area contributed by atoms with Crippen molar-refractivity contribution in [3.8, 4) is 0 Å². The van der Waals surface area contributed by atoms with Crippen molar-refractivity contribution < 1.29 is 9.47 Å². The molecule has 0 saturated heterocycles. The number of allylic oxidation sites excluding steroid dienone is 12. The standard InChI is InChI=1S/C28H38O2/c1-8-26-23(7)30-20(4)15-16-29-22(6)27(21(5)24-12-13-24)14-10-19(3)28-17-25(26)11-9-18(28)2/h10,14,17,20,24H,3,5,8-9,11-13,15-16H2,1-2,4,6-7H3/b14-10+,26-23-,27-22+/t20-/m0/s1. The lowest BCUT2D eigenvalue weighted by molar-refractivity contribution is 0.0910. The Kier molecular flexibility index (Phi) is 7.28. The first kappa shape index (κ1) is 22.5. The number of hydrogen-bond donors (Lipinski definition) is 0. The van der Waals surface area contributed by atoms with Crippen molar-refractivity contribution in [2.24, 2.45) is 5.92 Å². The van der Waals surface area contributed by atoms with Crippen LogP contribution in [0.5, 0.6) is 0 Å². The second kappa shape index (κ2) is 9.73. The number of ether oxygens (including phenoxy) is 2. The molecule has 2 aliphatic carbocycles. The lowest BCUT2D eigenvalue weighted by atomic mass is 9.85. The topological polar surface area (TPSA) is 18.5 Å². The van der Waals surface area contributed by atoms with Crippen molar-refractivity contribution in [3.05, 3.63) is 81.9 Å². The average Bonchev–Trinajstić information content (AvgIpc) is 3.54. The fourth-order valence-electron chi connectivity index (χ4n) is 4.40. The molecule has 162 valence electrons. The zero-order chi connectivity index (χ0) is 21.8. The van der Waals surface area contributed by atoms with Gasteiger partial charge in [0.05, 0.1) is 18.5 Å². The number of rotatable bonds is 3. The first-order valence-electron chi connectivity index (χ1n) is 11.5. The van der Waals surface area contributed by atoms with Crippen LogP contribution in [0, 0.1) is 5.92 Å². The van der Waals surface area contributed by atoms with Crippen molar-refractivity contribution in [1.82, 2.24) is 0 Å². The molecular formula is C28H38O2. The third-order valence-corrected chi connectivity index (χ3v) is 6.53. The maximum Gasteiger partial charge on any atom is 0.100 e. The first-order valence-corrected chi connectivity index (χ1v) is 11.5. The van der Waals surface area contributed by atoms with Crippen molar-refractivity contribution in [2.75, 3.05) is 6.61 Å². The monoisotopic (exact) mass is 406 g/mol. The lowest BCUT2D eigenvalue weighted by Gasteiger charge is -2.23. The summed E-state index contributed by atoms with van der Waals surface area (Å²) in [6, 6.07) is 0. The molecule has 2 heteroatoms. The maximum absolute atomic E-state index is 6.30. The van der Waals surface area contributed by atoms with Crippen LogP contribution < -0.4 is 0 Å². The van der Waals surface area contributed by atoms with Gasteiger partial charge in [0.2, 0.25) is 0 Å². The highest BCUT2D eigenvalue weighted by atomic mass is 16.5. The van der Waals surface area contributed by atoms with Gasteiger partial charge < -0.3 is 9.47 Å². The van der Waals surface area contributed by atoms with Crippen molar-refractivity contribution in [1.29, 1.82) is 0 Å². The van der Waals surface area contributed by atoms with E-state index in [-0.39, 0.29) is 6.10 Å². The van der Waals surface area contributed by atoms with Crippen LogP contribution in [0.3, 0.4) is 0 Å². The van der Waals surface area contributed by atoms with Gasteiger partial charge in [0.15, 0.2) is 0 Å². The van der Waals surface area contributed by atoms with E-state index >= 15 is 0 Å². The summed E-state index contributed by atoms with van der Waals surface area (Å²) in [6.45, 7) is 20.2. The molecule has 0 N–H and O–H groups in total. The van der Waals surface area contributed by atoms with E-state index in [1.54, 1.807) is 0 Å². The minimum atomic E-state index is 0.117. The largest absolute Gasteiger partial charge is 0.497 e. The van der Waals surface area contributed by atoms with Crippen LogP contribution >= 0.6 is 0 Å². The van der Waals surface area contributed by atoms with Crippen LogP contribution in [0.15, 0.2) is 81.9 Å². The van der Waals surface area contributed by atoms with E-state index in [1.165, 1.54) is 40.7 Å². The molecule has 0 radical (unpaired) electrons. The zero-order valence-corrected chi connectivity index (χ0v) is 19.6. The van der Waals surface area contributed by atoms with Gasteiger partial charge >= 0.3 is 0 Å². The van der Waals surface area contributed by atoms with Gasteiger partial charge in [0.25, 0.3) is 0 Å². The molecule has 3 rings (SSSR count). The van der Waals surface area contributed by atoms with Crippen LogP contribution in [0.25, 0.3) is 0 Å². The molecule has 2 bridgehead atoms. The summed E-state index contributed by atoms with van der Waals surface area (Å²) >= 11 is 0. The predicted octanol–water partition coefficient (Wildman–Crippen LogP) is 7.89. The summed E-state index contributed by atoms with van der Waals surface area (Å²) < 4.78 is 12.5. The Morgan fingerprint density at radius 3 is 2.47 bits per heavy atom. The van der Waals surface area contributed by atoms with E-state index < -0.39 is 0 Å². The quantitative estimate of drug-likeness (QED) is 0.474. The molecule has 0 aromatic heterocycles. The SMILES string of the molecule is C=C1/C=C/C(C(=C)C2CC2)=C(/C)OCC[C@H](C)O/C(C)=C(/CC)C2=CC1=C(C)CC2. The van der Waals surface area contributed by atoms with Crippen molar-refractivity contribution in [3.63, 3.8) is 0 Å². The maximum atomic E-state index is 6.30. The molecule has 0 aromatic carbocycles. The highest BCUT2D eigenvalue weighted by molar-refractivity contribution is 5.56. The fourth-order valence-corrected chi connectivity index (χ4v) is 4.40. The second-order valence-corrected chi connectivity index (χ2v) is 8.95. The lowest BCUT2D eigenvalue weighted by Crippen LogP contribution is -2.12. The fraction of sp³-hybridized carbons (Fsp3) is 0.500. The molecule has 1 atom stereocenters. The van der Waals surface area contributed by atoms with Gasteiger partial charge in [-0.05, 0) is 93.6 Å². The highest BCUT2D eigenvalue weighted by Gasteiger charge is 2.27. The minimum Gasteiger partial charge on any atom is -0.497 e. The molecule has 0 aromatic rings. The normalized spacial score (nSPS) is 30.0. The Morgan fingerprint density at radius 2 is 1.80 bits per heavy atom. The summed E-state index contributed by atoms with van der Waals surface area (Å²) in [5.41, 5.74) is 8.75. The van der Waals surface area contributed by atoms with Gasteiger partial charge in [0, 0.05) is 12.0 Å². The summed E-state index contributed by atoms with van der Waals surface area (Å²) in [5, 5.41) is 0. The summed E-state index contributed by atoms with van der Waals surface area (Å²) in [6.07, 6.45) is 13.2. The van der Waals surface area contributed by atoms with Gasteiger partial charge in [0.1, 0.15) is 5.76 Å². The summed E-state index contributed by atoms with van der Waals surface area (Å²) in [4.78, 5) is 0. The molecule has 1 fully saturated rings. The smallest absolute Gasteiger partial charge is 0.100 e. The molecular weight excluding hydrogens is 368 g/mol. The van der Waals surface area contributed by atoms with Crippen LogP contribution in [0.4, 0.5) is 0 Å². The predicted molar refractivity (Wildman–Crippen MR) is 127 cm³/mol. The summed E-state index contributed by atoms with van der Waals surface area (Å²) in [7, 11) is 0. The van der Waals surface area contributed by atoms with Gasteiger partial charge in [-0.25, -0.2) is 0 Å². The Morgan fingerprint density at radius 1 is 1.07 bits per heavy atom. The molecule has 3 aliphatic rings. The van der Waals surface area contributed by atoms with Crippen LogP contribution in [0.2, 0.25) is 0 Å². The number of hydrogen-bond acceptors (Lipinski definition) is 2. The van der Waals surface area contributed by atoms with Gasteiger partial charge in [-0.15, -0.1) is 0 Å². The molecule has 0 amide bonds. The Balaban J connectivity index is 2.02. The second-order valence-electron chi connectivity index (χ2n) is 8.95. The zero-order valence-electron chi connectivity index (χ0n) is 19.6. The van der Waals surface area contributed by atoms with Gasteiger partial charge in [-0.3, -0.25) is 0 Å². The van der Waals surface area contributed by atoms with Crippen molar-refractivity contribution >= 4 is 0 Å². The van der Waals surface area contributed by atoms with Gasteiger partial charge in [-0.2, -0.15) is 0 Å². The Hall–Kier alpha value is -2.22. The van der Waals surface area contributed by atoms with Crippen LogP contribution in [-0.4, -0.2) is 12.7 Å².